The molecule has 3 aromatic rings. The van der Waals surface area contributed by atoms with Crippen molar-refractivity contribution in [3.63, 3.8) is 0 Å². The number of halogens is 3. The van der Waals surface area contributed by atoms with E-state index in [2.05, 4.69) is 25.6 Å². The van der Waals surface area contributed by atoms with Crippen molar-refractivity contribution in [1.29, 1.82) is 0 Å². The molecule has 4 rings (SSSR count). The SMILES string of the molecule is CNC(=O)c1ccc(F)c(-c2cnc(NCC3(c4ncccc4F)CC(F)C3)nc2)c1. The number of carbonyl (C=O) groups is 1. The Bertz CT molecular complexity index is 1100. The van der Waals surface area contributed by atoms with Crippen LogP contribution in [-0.2, 0) is 5.41 Å². The molecule has 1 saturated carbocycles. The van der Waals surface area contributed by atoms with Crippen LogP contribution in [0.1, 0.15) is 28.9 Å². The van der Waals surface area contributed by atoms with Crippen LogP contribution in [0.3, 0.4) is 0 Å². The van der Waals surface area contributed by atoms with E-state index in [1.54, 1.807) is 0 Å². The van der Waals surface area contributed by atoms with Crippen molar-refractivity contribution in [2.75, 3.05) is 18.9 Å². The molecule has 1 aromatic carbocycles. The van der Waals surface area contributed by atoms with Crippen molar-refractivity contribution in [2.45, 2.75) is 24.4 Å². The Labute approximate surface area is 177 Å². The first-order chi connectivity index (χ1) is 14.9. The number of hydrogen-bond donors (Lipinski definition) is 2. The fourth-order valence-electron chi connectivity index (χ4n) is 3.82. The smallest absolute Gasteiger partial charge is 0.251 e. The zero-order valence-corrected chi connectivity index (χ0v) is 16.7. The summed E-state index contributed by atoms with van der Waals surface area (Å²) in [6.07, 6.45) is 3.63. The van der Waals surface area contributed by atoms with Crippen molar-refractivity contribution < 1.29 is 18.0 Å². The number of rotatable bonds is 6. The third-order valence-corrected chi connectivity index (χ3v) is 5.49. The van der Waals surface area contributed by atoms with Crippen LogP contribution in [0.15, 0.2) is 48.9 Å². The summed E-state index contributed by atoms with van der Waals surface area (Å²) in [5.41, 5.74) is 0.346. The molecule has 2 heterocycles. The molecule has 9 heteroatoms. The van der Waals surface area contributed by atoms with Gasteiger partial charge in [0, 0.05) is 54.3 Å². The van der Waals surface area contributed by atoms with Crippen LogP contribution in [0.2, 0.25) is 0 Å². The van der Waals surface area contributed by atoms with Crippen molar-refractivity contribution in [3.8, 4) is 11.1 Å². The quantitative estimate of drug-likeness (QED) is 0.628. The maximum absolute atomic E-state index is 14.3. The summed E-state index contributed by atoms with van der Waals surface area (Å²) in [5.74, 6) is -1.08. The third kappa shape index (κ3) is 4.08. The molecule has 1 amide bonds. The molecular formula is C22H20F3N5O. The zero-order valence-electron chi connectivity index (χ0n) is 16.7. The molecule has 0 bridgehead atoms. The van der Waals surface area contributed by atoms with Crippen LogP contribution in [-0.4, -0.2) is 40.6 Å². The number of aromatic nitrogens is 3. The molecule has 1 aliphatic rings. The number of nitrogens with zero attached hydrogens (tertiary/aromatic N) is 3. The second kappa shape index (κ2) is 8.33. The minimum atomic E-state index is -1.01. The minimum absolute atomic E-state index is 0.156. The Morgan fingerprint density at radius 2 is 1.87 bits per heavy atom. The van der Waals surface area contributed by atoms with Crippen molar-refractivity contribution in [2.24, 2.45) is 0 Å². The van der Waals surface area contributed by atoms with Crippen molar-refractivity contribution in [3.05, 3.63) is 71.8 Å². The van der Waals surface area contributed by atoms with Crippen LogP contribution in [0.5, 0.6) is 0 Å². The lowest BCUT2D eigenvalue weighted by molar-refractivity contribution is 0.0958. The van der Waals surface area contributed by atoms with Crippen molar-refractivity contribution >= 4 is 11.9 Å². The Hall–Kier alpha value is -3.49. The van der Waals surface area contributed by atoms with Crippen LogP contribution >= 0.6 is 0 Å². The molecule has 160 valence electrons. The number of carbonyl (C=O) groups excluding carboxylic acids is 1. The highest BCUT2D eigenvalue weighted by Crippen LogP contribution is 2.45. The number of anilines is 1. The van der Waals surface area contributed by atoms with E-state index < -0.39 is 23.2 Å². The van der Waals surface area contributed by atoms with Gasteiger partial charge in [0.1, 0.15) is 17.8 Å². The summed E-state index contributed by atoms with van der Waals surface area (Å²) < 4.78 is 42.2. The third-order valence-electron chi connectivity index (χ3n) is 5.49. The van der Waals surface area contributed by atoms with Gasteiger partial charge in [-0.3, -0.25) is 9.78 Å². The summed E-state index contributed by atoms with van der Waals surface area (Å²) in [7, 11) is 1.49. The van der Waals surface area contributed by atoms with Crippen LogP contribution in [0, 0.1) is 11.6 Å². The minimum Gasteiger partial charge on any atom is -0.355 e. The van der Waals surface area contributed by atoms with Crippen LogP contribution in [0.4, 0.5) is 19.1 Å². The van der Waals surface area contributed by atoms with E-state index in [0.717, 1.165) is 0 Å². The van der Waals surface area contributed by atoms with Gasteiger partial charge in [-0.1, -0.05) is 0 Å². The molecule has 0 atom stereocenters. The number of amides is 1. The van der Waals surface area contributed by atoms with Gasteiger partial charge in [-0.2, -0.15) is 0 Å². The highest BCUT2D eigenvalue weighted by molar-refractivity contribution is 5.95. The Balaban J connectivity index is 1.52. The first-order valence-electron chi connectivity index (χ1n) is 9.75. The molecule has 0 radical (unpaired) electrons. The van der Waals surface area contributed by atoms with E-state index >= 15 is 0 Å². The highest BCUT2D eigenvalue weighted by Gasteiger charge is 2.48. The zero-order chi connectivity index (χ0) is 22.0. The lowest BCUT2D eigenvalue weighted by Crippen LogP contribution is -2.49. The van der Waals surface area contributed by atoms with E-state index in [-0.39, 0.29) is 42.5 Å². The number of alkyl halides is 1. The average molecular weight is 427 g/mol. The van der Waals surface area contributed by atoms with Gasteiger partial charge in [0.25, 0.3) is 5.91 Å². The first kappa shape index (κ1) is 20.8. The Morgan fingerprint density at radius 3 is 2.52 bits per heavy atom. The van der Waals surface area contributed by atoms with Gasteiger partial charge in [-0.05, 0) is 43.2 Å². The van der Waals surface area contributed by atoms with E-state index in [0.29, 0.717) is 11.1 Å². The first-order valence-corrected chi connectivity index (χ1v) is 9.75. The molecule has 2 aromatic heterocycles. The monoisotopic (exact) mass is 427 g/mol. The number of hydrogen-bond acceptors (Lipinski definition) is 5. The fraction of sp³-hybridized carbons (Fsp3) is 0.273. The normalized spacial score (nSPS) is 20.1. The van der Waals surface area contributed by atoms with Gasteiger partial charge in [-0.15, -0.1) is 0 Å². The van der Waals surface area contributed by atoms with Crippen LogP contribution in [0.25, 0.3) is 11.1 Å². The summed E-state index contributed by atoms with van der Waals surface area (Å²) >= 11 is 0. The topological polar surface area (TPSA) is 79.8 Å². The molecule has 2 N–H and O–H groups in total. The summed E-state index contributed by atoms with van der Waals surface area (Å²) in [6, 6.07) is 6.82. The second-order valence-electron chi connectivity index (χ2n) is 7.54. The molecule has 1 fully saturated rings. The Kier molecular flexibility index (Phi) is 5.58. The molecule has 0 aliphatic heterocycles. The lowest BCUT2D eigenvalue weighted by atomic mass is 9.65. The Morgan fingerprint density at radius 1 is 1.13 bits per heavy atom. The molecule has 0 saturated heterocycles. The van der Waals surface area contributed by atoms with E-state index in [1.165, 1.54) is 56.0 Å². The largest absolute Gasteiger partial charge is 0.355 e. The number of nitrogens with one attached hydrogen (secondary N) is 2. The average Bonchev–Trinajstić information content (AvgIpc) is 2.76. The maximum Gasteiger partial charge on any atom is 0.251 e. The van der Waals surface area contributed by atoms with E-state index in [4.69, 9.17) is 0 Å². The summed E-state index contributed by atoms with van der Waals surface area (Å²) in [5, 5.41) is 5.50. The van der Waals surface area contributed by atoms with Gasteiger partial charge >= 0.3 is 0 Å². The maximum atomic E-state index is 14.3. The van der Waals surface area contributed by atoms with Gasteiger partial charge in [0.05, 0.1) is 5.69 Å². The molecule has 1 aliphatic carbocycles. The van der Waals surface area contributed by atoms with Crippen molar-refractivity contribution in [1.82, 2.24) is 20.3 Å². The molecular weight excluding hydrogens is 407 g/mol. The lowest BCUT2D eigenvalue weighted by Gasteiger charge is -2.43. The second-order valence-corrected chi connectivity index (χ2v) is 7.54. The summed E-state index contributed by atoms with van der Waals surface area (Å²) in [6.45, 7) is 0.210. The molecule has 6 nitrogen and oxygen atoms in total. The van der Waals surface area contributed by atoms with Gasteiger partial charge in [0.15, 0.2) is 0 Å². The van der Waals surface area contributed by atoms with Gasteiger partial charge < -0.3 is 10.6 Å². The van der Waals surface area contributed by atoms with E-state index in [9.17, 15) is 18.0 Å². The van der Waals surface area contributed by atoms with Crippen LogP contribution < -0.4 is 10.6 Å². The van der Waals surface area contributed by atoms with E-state index in [1.807, 2.05) is 0 Å². The fourth-order valence-corrected chi connectivity index (χ4v) is 3.82. The predicted molar refractivity (Wildman–Crippen MR) is 109 cm³/mol. The standard InChI is InChI=1S/C22H20F3N5O/c1-26-20(31)13-4-5-17(24)16(7-13)14-10-28-21(29-11-14)30-12-22(8-15(23)9-22)19-18(25)3-2-6-27-19/h2-7,10-11,15H,8-9,12H2,1H3,(H,26,31)(H,28,29,30). The molecule has 0 unspecified atom stereocenters. The molecule has 31 heavy (non-hydrogen) atoms. The van der Waals surface area contributed by atoms with Gasteiger partial charge in [-0.25, -0.2) is 23.1 Å². The number of pyridine rings is 1. The highest BCUT2D eigenvalue weighted by atomic mass is 19.1. The predicted octanol–water partition coefficient (Wildman–Crippen LogP) is 3.66. The van der Waals surface area contributed by atoms with Gasteiger partial charge in [0.2, 0.25) is 5.95 Å². The summed E-state index contributed by atoms with van der Waals surface area (Å²) in [4.78, 5) is 24.3. The number of benzene rings is 1. The molecule has 0 spiro atoms.